The Balaban J connectivity index is 1.56. The quantitative estimate of drug-likeness (QED) is 0.834. The molecule has 142 valence electrons. The Morgan fingerprint density at radius 1 is 1.07 bits per heavy atom. The van der Waals surface area contributed by atoms with Crippen molar-refractivity contribution in [3.05, 3.63) is 71.3 Å². The van der Waals surface area contributed by atoms with E-state index in [1.54, 1.807) is 0 Å². The molecule has 2 aliphatic heterocycles. The van der Waals surface area contributed by atoms with Gasteiger partial charge < -0.3 is 10.0 Å². The molecule has 2 bridgehead atoms. The van der Waals surface area contributed by atoms with Crippen LogP contribution in [0, 0.1) is 5.41 Å². The van der Waals surface area contributed by atoms with Crippen molar-refractivity contribution in [2.45, 2.75) is 57.5 Å². The Morgan fingerprint density at radius 3 is 2.48 bits per heavy atom. The first-order chi connectivity index (χ1) is 13.2. The number of carbonyl (C=O) groups is 1. The Morgan fingerprint density at radius 2 is 1.81 bits per heavy atom. The fourth-order valence-corrected chi connectivity index (χ4v) is 5.27. The fraction of sp³-hybridized carbons (Fsp3) is 0.458. The van der Waals surface area contributed by atoms with Gasteiger partial charge in [-0.25, -0.2) is 0 Å². The molecular formula is C24H29NO2. The summed E-state index contributed by atoms with van der Waals surface area (Å²) >= 11 is 0. The molecule has 3 nitrogen and oxygen atoms in total. The lowest BCUT2D eigenvalue weighted by molar-refractivity contribution is 0.0571. The van der Waals surface area contributed by atoms with E-state index in [0.717, 1.165) is 44.1 Å². The Labute approximate surface area is 162 Å². The third-order valence-corrected chi connectivity index (χ3v) is 6.54. The fourth-order valence-electron chi connectivity index (χ4n) is 5.27. The van der Waals surface area contributed by atoms with Crippen molar-refractivity contribution >= 4 is 5.91 Å². The molecule has 0 radical (unpaired) electrons. The lowest BCUT2D eigenvalue weighted by Crippen LogP contribution is -2.43. The molecule has 2 aromatic carbocycles. The topological polar surface area (TPSA) is 40.5 Å². The van der Waals surface area contributed by atoms with Gasteiger partial charge in [-0.2, -0.15) is 0 Å². The van der Waals surface area contributed by atoms with Crippen LogP contribution in [0.4, 0.5) is 0 Å². The van der Waals surface area contributed by atoms with Gasteiger partial charge >= 0.3 is 0 Å². The van der Waals surface area contributed by atoms with Gasteiger partial charge in [-0.15, -0.1) is 0 Å². The molecule has 2 saturated heterocycles. The molecular weight excluding hydrogens is 334 g/mol. The summed E-state index contributed by atoms with van der Waals surface area (Å²) in [5, 5.41) is 10.3. The molecule has 1 N–H and O–H groups in total. The molecule has 0 saturated carbocycles. The van der Waals surface area contributed by atoms with Crippen LogP contribution in [0.25, 0.3) is 0 Å². The SMILES string of the molecule is CCCc1ccc(C(=O)N2[C@H]3CC[C@@H]2[C@@](CO)(Cc2ccccc2)C3)cc1. The number of aryl methyl sites for hydroxylation is 1. The van der Waals surface area contributed by atoms with E-state index in [9.17, 15) is 9.90 Å². The van der Waals surface area contributed by atoms with Crippen molar-refractivity contribution in [2.75, 3.05) is 6.61 Å². The molecule has 1 amide bonds. The Bertz CT molecular complexity index is 786. The zero-order valence-electron chi connectivity index (χ0n) is 16.1. The van der Waals surface area contributed by atoms with E-state index in [1.165, 1.54) is 11.1 Å². The number of hydrogen-bond acceptors (Lipinski definition) is 2. The molecule has 2 heterocycles. The van der Waals surface area contributed by atoms with Gasteiger partial charge in [-0.3, -0.25) is 4.79 Å². The summed E-state index contributed by atoms with van der Waals surface area (Å²) in [7, 11) is 0. The third-order valence-electron chi connectivity index (χ3n) is 6.54. The van der Waals surface area contributed by atoms with Gasteiger partial charge in [0.1, 0.15) is 0 Å². The molecule has 2 aromatic rings. The van der Waals surface area contributed by atoms with Crippen LogP contribution in [-0.2, 0) is 12.8 Å². The monoisotopic (exact) mass is 363 g/mol. The number of hydrogen-bond donors (Lipinski definition) is 1. The molecule has 2 fully saturated rings. The van der Waals surface area contributed by atoms with Crippen LogP contribution < -0.4 is 0 Å². The number of carbonyl (C=O) groups excluding carboxylic acids is 1. The minimum atomic E-state index is -0.206. The van der Waals surface area contributed by atoms with Crippen molar-refractivity contribution < 1.29 is 9.90 Å². The number of fused-ring (bicyclic) bond motifs is 2. The van der Waals surface area contributed by atoms with Crippen LogP contribution in [-0.4, -0.2) is 34.6 Å². The lowest BCUT2D eigenvalue weighted by atomic mass is 9.70. The smallest absolute Gasteiger partial charge is 0.254 e. The van der Waals surface area contributed by atoms with Crippen molar-refractivity contribution in [3.8, 4) is 0 Å². The number of rotatable bonds is 6. The molecule has 27 heavy (non-hydrogen) atoms. The largest absolute Gasteiger partial charge is 0.396 e. The summed E-state index contributed by atoms with van der Waals surface area (Å²) in [4.78, 5) is 15.4. The molecule has 3 heteroatoms. The second-order valence-electron chi connectivity index (χ2n) is 8.29. The van der Waals surface area contributed by atoms with Gasteiger partial charge in [0.05, 0.1) is 6.61 Å². The zero-order chi connectivity index (χ0) is 18.9. The van der Waals surface area contributed by atoms with Crippen LogP contribution in [0.15, 0.2) is 54.6 Å². The summed E-state index contributed by atoms with van der Waals surface area (Å²) in [5.74, 6) is 0.133. The van der Waals surface area contributed by atoms with Crippen molar-refractivity contribution in [1.29, 1.82) is 0 Å². The second kappa shape index (κ2) is 7.47. The second-order valence-corrected chi connectivity index (χ2v) is 8.29. The van der Waals surface area contributed by atoms with Gasteiger partial charge in [0.25, 0.3) is 5.91 Å². The van der Waals surface area contributed by atoms with E-state index in [1.807, 2.05) is 30.3 Å². The maximum absolute atomic E-state index is 13.3. The Hall–Kier alpha value is -2.13. The maximum Gasteiger partial charge on any atom is 0.254 e. The van der Waals surface area contributed by atoms with Crippen molar-refractivity contribution in [1.82, 2.24) is 4.90 Å². The first-order valence-corrected chi connectivity index (χ1v) is 10.2. The van der Waals surface area contributed by atoms with Crippen molar-refractivity contribution in [3.63, 3.8) is 0 Å². The number of benzene rings is 2. The van der Waals surface area contributed by atoms with Crippen LogP contribution in [0.3, 0.4) is 0 Å². The van der Waals surface area contributed by atoms with E-state index in [2.05, 4.69) is 36.1 Å². The minimum Gasteiger partial charge on any atom is -0.396 e. The molecule has 2 aliphatic rings. The minimum absolute atomic E-state index is 0.133. The zero-order valence-corrected chi connectivity index (χ0v) is 16.1. The number of aliphatic hydroxyl groups is 1. The maximum atomic E-state index is 13.3. The average molecular weight is 364 g/mol. The summed E-state index contributed by atoms with van der Waals surface area (Å²) in [6.45, 7) is 2.31. The summed E-state index contributed by atoms with van der Waals surface area (Å²) < 4.78 is 0. The molecule has 0 aliphatic carbocycles. The first-order valence-electron chi connectivity index (χ1n) is 10.2. The predicted molar refractivity (Wildman–Crippen MR) is 108 cm³/mol. The molecule has 4 rings (SSSR count). The summed E-state index contributed by atoms with van der Waals surface area (Å²) in [6, 6.07) is 18.9. The van der Waals surface area contributed by atoms with Crippen LogP contribution in [0.5, 0.6) is 0 Å². The van der Waals surface area contributed by atoms with E-state index >= 15 is 0 Å². The van der Waals surface area contributed by atoms with Gasteiger partial charge in [-0.05, 0) is 55.4 Å². The van der Waals surface area contributed by atoms with E-state index in [-0.39, 0.29) is 30.0 Å². The van der Waals surface area contributed by atoms with Crippen LogP contribution in [0.2, 0.25) is 0 Å². The van der Waals surface area contributed by atoms with E-state index < -0.39 is 0 Å². The lowest BCUT2D eigenvalue weighted by Gasteiger charge is -2.36. The molecule has 0 unspecified atom stereocenters. The normalized spacial score (nSPS) is 26.5. The first kappa shape index (κ1) is 18.2. The molecule has 0 spiro atoms. The highest BCUT2D eigenvalue weighted by atomic mass is 16.3. The standard InChI is InChI=1S/C24H29NO2/c1-2-6-18-9-11-20(12-10-18)23(27)25-21-13-14-22(25)24(16-21,17-26)15-19-7-4-3-5-8-19/h3-5,7-12,21-22,26H,2,6,13-17H2,1H3/t21-,22+,24-/m0/s1. The van der Waals surface area contributed by atoms with Crippen LogP contribution >= 0.6 is 0 Å². The Kier molecular flexibility index (Phi) is 5.05. The highest BCUT2D eigenvalue weighted by Gasteiger charge is 2.57. The van der Waals surface area contributed by atoms with E-state index in [4.69, 9.17) is 0 Å². The number of nitrogens with zero attached hydrogens (tertiary/aromatic N) is 1. The summed E-state index contributed by atoms with van der Waals surface area (Å²) in [6.07, 6.45) is 5.96. The third kappa shape index (κ3) is 3.29. The molecule has 3 atom stereocenters. The van der Waals surface area contributed by atoms with E-state index in [0.29, 0.717) is 0 Å². The predicted octanol–water partition coefficient (Wildman–Crippen LogP) is 4.24. The average Bonchev–Trinajstić information content (AvgIpc) is 3.25. The summed E-state index contributed by atoms with van der Waals surface area (Å²) in [5.41, 5.74) is 3.10. The van der Waals surface area contributed by atoms with Gasteiger partial charge in [0.2, 0.25) is 0 Å². The van der Waals surface area contributed by atoms with Gasteiger partial charge in [0.15, 0.2) is 0 Å². The molecule has 0 aromatic heterocycles. The highest BCUT2D eigenvalue weighted by Crippen LogP contribution is 2.51. The highest BCUT2D eigenvalue weighted by molar-refractivity contribution is 5.95. The van der Waals surface area contributed by atoms with Crippen LogP contribution in [0.1, 0.15) is 54.1 Å². The van der Waals surface area contributed by atoms with Gasteiger partial charge in [-0.1, -0.05) is 55.8 Å². The van der Waals surface area contributed by atoms with Crippen molar-refractivity contribution in [2.24, 2.45) is 5.41 Å². The number of amides is 1. The number of aliphatic hydroxyl groups excluding tert-OH is 1. The van der Waals surface area contributed by atoms with Gasteiger partial charge in [0, 0.05) is 23.1 Å².